The molecule has 2 atom stereocenters. The first-order valence-corrected chi connectivity index (χ1v) is 10.9. The molecule has 1 aliphatic rings. The van der Waals surface area contributed by atoms with Gasteiger partial charge in [0.2, 0.25) is 11.5 Å². The molecule has 190 valence electrons. The van der Waals surface area contributed by atoms with Gasteiger partial charge in [0.1, 0.15) is 5.60 Å². The van der Waals surface area contributed by atoms with Gasteiger partial charge in [0.25, 0.3) is 0 Å². The summed E-state index contributed by atoms with van der Waals surface area (Å²) >= 11 is 0. The van der Waals surface area contributed by atoms with Crippen LogP contribution in [-0.2, 0) is 19.9 Å². The lowest BCUT2D eigenvalue weighted by molar-refractivity contribution is -0.133. The summed E-state index contributed by atoms with van der Waals surface area (Å²) < 4.78 is 38.8. The molecular formula is C25H30O10. The van der Waals surface area contributed by atoms with Crippen LogP contribution in [0.1, 0.15) is 38.3 Å². The van der Waals surface area contributed by atoms with Gasteiger partial charge in [0, 0.05) is 20.3 Å². The fourth-order valence-electron chi connectivity index (χ4n) is 4.40. The molecule has 0 radical (unpaired) electrons. The van der Waals surface area contributed by atoms with E-state index in [1.807, 2.05) is 6.92 Å². The Labute approximate surface area is 203 Å². The van der Waals surface area contributed by atoms with Gasteiger partial charge in [-0.05, 0) is 41.3 Å². The highest BCUT2D eigenvalue weighted by Crippen LogP contribution is 2.54. The van der Waals surface area contributed by atoms with Gasteiger partial charge < -0.3 is 38.3 Å². The minimum Gasteiger partial charge on any atom is -0.493 e. The summed E-state index contributed by atoms with van der Waals surface area (Å²) in [4.78, 5) is 23.3. The van der Waals surface area contributed by atoms with E-state index in [-0.39, 0.29) is 40.4 Å². The Morgan fingerprint density at radius 2 is 1.14 bits per heavy atom. The molecule has 2 unspecified atom stereocenters. The molecule has 10 heteroatoms. The molecule has 0 aromatic heterocycles. The fourth-order valence-corrected chi connectivity index (χ4v) is 4.40. The van der Waals surface area contributed by atoms with Crippen molar-refractivity contribution in [3.63, 3.8) is 0 Å². The number of aliphatic hydroxyl groups is 1. The zero-order valence-corrected chi connectivity index (χ0v) is 20.8. The molecule has 0 saturated carbocycles. The Bertz CT molecular complexity index is 984. The first-order chi connectivity index (χ1) is 16.6. The smallest absolute Gasteiger partial charge is 0.308 e. The standard InChI is InChI=1S/C25H30O10/c1-13-8-22(28)35-25(13,16-9-18(29-4)23(33-14(2)26)19(10-16)30-5)17-11-20(31-6)24(34-15(3)27)21(12-17)32-7/h9-13,22,28H,8H2,1-7H3. The van der Waals surface area contributed by atoms with Crippen LogP contribution in [0, 0.1) is 5.92 Å². The van der Waals surface area contributed by atoms with Crippen LogP contribution >= 0.6 is 0 Å². The van der Waals surface area contributed by atoms with Crippen molar-refractivity contribution in [1.29, 1.82) is 0 Å². The highest BCUT2D eigenvalue weighted by molar-refractivity contribution is 5.74. The molecule has 0 aliphatic carbocycles. The molecule has 1 fully saturated rings. The lowest BCUT2D eigenvalue weighted by Crippen LogP contribution is -2.33. The van der Waals surface area contributed by atoms with Crippen LogP contribution in [0.5, 0.6) is 34.5 Å². The molecule has 0 amide bonds. The van der Waals surface area contributed by atoms with E-state index >= 15 is 0 Å². The average Bonchev–Trinajstić information content (AvgIpc) is 3.12. The molecule has 0 spiro atoms. The van der Waals surface area contributed by atoms with E-state index < -0.39 is 23.8 Å². The Balaban J connectivity index is 2.33. The second-order valence-corrected chi connectivity index (χ2v) is 8.05. The van der Waals surface area contributed by atoms with Gasteiger partial charge in [-0.25, -0.2) is 0 Å². The Kier molecular flexibility index (Phi) is 7.76. The quantitative estimate of drug-likeness (QED) is 0.436. The van der Waals surface area contributed by atoms with E-state index in [1.54, 1.807) is 24.3 Å². The van der Waals surface area contributed by atoms with Crippen molar-refractivity contribution in [3.05, 3.63) is 35.4 Å². The molecular weight excluding hydrogens is 460 g/mol. The van der Waals surface area contributed by atoms with Crippen LogP contribution < -0.4 is 28.4 Å². The molecule has 1 N–H and O–H groups in total. The first-order valence-electron chi connectivity index (χ1n) is 10.9. The molecule has 10 nitrogen and oxygen atoms in total. The van der Waals surface area contributed by atoms with Gasteiger partial charge in [-0.2, -0.15) is 0 Å². The number of ether oxygens (including phenoxy) is 7. The molecule has 3 rings (SSSR count). The summed E-state index contributed by atoms with van der Waals surface area (Å²) in [5.74, 6) is -0.145. The lowest BCUT2D eigenvalue weighted by Gasteiger charge is -2.35. The number of aliphatic hydroxyl groups excluding tert-OH is 1. The van der Waals surface area contributed by atoms with Crippen LogP contribution in [0.25, 0.3) is 0 Å². The van der Waals surface area contributed by atoms with E-state index in [1.165, 1.54) is 42.3 Å². The third-order valence-electron chi connectivity index (χ3n) is 5.84. The molecule has 1 saturated heterocycles. The van der Waals surface area contributed by atoms with Crippen molar-refractivity contribution in [3.8, 4) is 34.5 Å². The molecule has 2 aromatic carbocycles. The second kappa shape index (κ2) is 10.4. The van der Waals surface area contributed by atoms with Crippen LogP contribution in [0.3, 0.4) is 0 Å². The van der Waals surface area contributed by atoms with E-state index in [0.29, 0.717) is 17.5 Å². The zero-order chi connectivity index (χ0) is 25.9. The number of methoxy groups -OCH3 is 4. The lowest BCUT2D eigenvalue weighted by atomic mass is 9.76. The normalized spacial score (nSPS) is 18.5. The number of carbonyl (C=O) groups excluding carboxylic acids is 2. The van der Waals surface area contributed by atoms with Crippen molar-refractivity contribution < 1.29 is 47.9 Å². The summed E-state index contributed by atoms with van der Waals surface area (Å²) in [5.41, 5.74) is -0.0877. The van der Waals surface area contributed by atoms with Crippen molar-refractivity contribution >= 4 is 11.9 Å². The molecule has 2 aromatic rings. The summed E-state index contributed by atoms with van der Waals surface area (Å²) in [6.45, 7) is 4.47. The zero-order valence-electron chi connectivity index (χ0n) is 20.8. The van der Waals surface area contributed by atoms with Crippen LogP contribution in [0.4, 0.5) is 0 Å². The largest absolute Gasteiger partial charge is 0.493 e. The third kappa shape index (κ3) is 4.85. The van der Waals surface area contributed by atoms with Crippen LogP contribution in [0.2, 0.25) is 0 Å². The molecule has 35 heavy (non-hydrogen) atoms. The molecule has 0 bridgehead atoms. The third-order valence-corrected chi connectivity index (χ3v) is 5.84. The number of rotatable bonds is 8. The number of hydrogen-bond donors (Lipinski definition) is 1. The molecule has 1 heterocycles. The Morgan fingerprint density at radius 3 is 1.37 bits per heavy atom. The highest BCUT2D eigenvalue weighted by Gasteiger charge is 2.50. The average molecular weight is 491 g/mol. The molecule has 1 aliphatic heterocycles. The SMILES string of the molecule is COc1cc(C2(c3cc(OC)c(OC(C)=O)c(OC)c3)OC(O)CC2C)cc(OC)c1OC(C)=O. The van der Waals surface area contributed by atoms with Gasteiger partial charge in [-0.1, -0.05) is 6.92 Å². The summed E-state index contributed by atoms with van der Waals surface area (Å²) in [6.07, 6.45) is -0.743. The number of esters is 2. The monoisotopic (exact) mass is 490 g/mol. The van der Waals surface area contributed by atoms with Gasteiger partial charge in [-0.3, -0.25) is 9.59 Å². The van der Waals surface area contributed by atoms with Crippen molar-refractivity contribution in [1.82, 2.24) is 0 Å². The van der Waals surface area contributed by atoms with Gasteiger partial charge in [-0.15, -0.1) is 0 Å². The van der Waals surface area contributed by atoms with Gasteiger partial charge in [0.15, 0.2) is 29.3 Å². The van der Waals surface area contributed by atoms with Gasteiger partial charge >= 0.3 is 11.9 Å². The van der Waals surface area contributed by atoms with E-state index in [0.717, 1.165) is 0 Å². The number of benzene rings is 2. The van der Waals surface area contributed by atoms with Crippen molar-refractivity contribution in [2.75, 3.05) is 28.4 Å². The minimum atomic E-state index is -1.22. The predicted octanol–water partition coefficient (Wildman–Crippen LogP) is 3.19. The summed E-state index contributed by atoms with van der Waals surface area (Å²) in [6, 6.07) is 6.64. The van der Waals surface area contributed by atoms with Crippen molar-refractivity contribution in [2.45, 2.75) is 39.1 Å². The highest BCUT2D eigenvalue weighted by atomic mass is 16.6. The summed E-state index contributed by atoms with van der Waals surface area (Å²) in [7, 11) is 5.75. The first kappa shape index (κ1) is 26.1. The van der Waals surface area contributed by atoms with Crippen molar-refractivity contribution in [2.24, 2.45) is 5.92 Å². The maximum Gasteiger partial charge on any atom is 0.308 e. The maximum absolute atomic E-state index is 11.7. The number of hydrogen-bond acceptors (Lipinski definition) is 10. The van der Waals surface area contributed by atoms with Gasteiger partial charge in [0.05, 0.1) is 28.4 Å². The Hall–Kier alpha value is -3.50. The maximum atomic E-state index is 11.7. The summed E-state index contributed by atoms with van der Waals surface area (Å²) in [5, 5.41) is 10.5. The van der Waals surface area contributed by atoms with Crippen LogP contribution in [-0.4, -0.2) is 51.8 Å². The predicted molar refractivity (Wildman–Crippen MR) is 123 cm³/mol. The topological polar surface area (TPSA) is 119 Å². The van der Waals surface area contributed by atoms with E-state index in [2.05, 4.69) is 0 Å². The van der Waals surface area contributed by atoms with E-state index in [9.17, 15) is 14.7 Å². The van der Waals surface area contributed by atoms with Crippen LogP contribution in [0.15, 0.2) is 24.3 Å². The second-order valence-electron chi connectivity index (χ2n) is 8.05. The fraction of sp³-hybridized carbons (Fsp3) is 0.440. The Morgan fingerprint density at radius 1 is 0.800 bits per heavy atom. The van der Waals surface area contributed by atoms with E-state index in [4.69, 9.17) is 33.2 Å². The number of carbonyl (C=O) groups is 2. The minimum absolute atomic E-state index is 0.118.